The van der Waals surface area contributed by atoms with E-state index in [0.29, 0.717) is 11.7 Å². The Morgan fingerprint density at radius 3 is 2.83 bits per heavy atom. The van der Waals surface area contributed by atoms with Gasteiger partial charge in [0.1, 0.15) is 6.33 Å². The van der Waals surface area contributed by atoms with Gasteiger partial charge >= 0.3 is 0 Å². The summed E-state index contributed by atoms with van der Waals surface area (Å²) in [5.41, 5.74) is 2.35. The molecule has 7 heteroatoms. The normalized spacial score (nSPS) is 16.5. The van der Waals surface area contributed by atoms with E-state index in [1.54, 1.807) is 12.3 Å². The first kappa shape index (κ1) is 16.6. The average molecular weight is 328 g/mol. The van der Waals surface area contributed by atoms with Crippen LogP contribution >= 0.6 is 0 Å². The minimum absolute atomic E-state index is 0.169. The molecular weight excluding hydrogens is 304 g/mol. The van der Waals surface area contributed by atoms with Gasteiger partial charge in [-0.3, -0.25) is 14.4 Å². The van der Waals surface area contributed by atoms with Crippen molar-refractivity contribution in [2.75, 3.05) is 6.54 Å². The minimum atomic E-state index is -0.186. The van der Waals surface area contributed by atoms with Crippen molar-refractivity contribution >= 4 is 5.91 Å². The van der Waals surface area contributed by atoms with Gasteiger partial charge in [0.2, 0.25) is 0 Å². The van der Waals surface area contributed by atoms with Crippen molar-refractivity contribution in [1.82, 2.24) is 30.0 Å². The van der Waals surface area contributed by atoms with Gasteiger partial charge in [0.15, 0.2) is 5.69 Å². The molecule has 1 amide bonds. The largest absolute Gasteiger partial charge is 0.343 e. The summed E-state index contributed by atoms with van der Waals surface area (Å²) in [4.78, 5) is 23.0. The highest BCUT2D eigenvalue weighted by Crippen LogP contribution is 2.16. The van der Waals surface area contributed by atoms with Crippen molar-refractivity contribution in [2.45, 2.75) is 52.4 Å². The third-order valence-corrected chi connectivity index (χ3v) is 4.40. The predicted octanol–water partition coefficient (Wildman–Crippen LogP) is 1.78. The lowest BCUT2D eigenvalue weighted by molar-refractivity contribution is 0.0933. The Kier molecular flexibility index (Phi) is 4.89. The summed E-state index contributed by atoms with van der Waals surface area (Å²) in [6, 6.07) is 4.01. The van der Waals surface area contributed by atoms with Crippen LogP contribution in [0.5, 0.6) is 0 Å². The van der Waals surface area contributed by atoms with Gasteiger partial charge in [0.05, 0.1) is 17.4 Å². The molecule has 0 bridgehead atoms. The predicted molar refractivity (Wildman–Crippen MR) is 90.3 cm³/mol. The molecule has 3 heterocycles. The zero-order valence-electron chi connectivity index (χ0n) is 14.4. The fourth-order valence-corrected chi connectivity index (χ4v) is 2.94. The van der Waals surface area contributed by atoms with E-state index in [4.69, 9.17) is 0 Å². The highest BCUT2D eigenvalue weighted by molar-refractivity contribution is 5.92. The Hall–Kier alpha value is -2.28. The van der Waals surface area contributed by atoms with Gasteiger partial charge in [0, 0.05) is 31.9 Å². The van der Waals surface area contributed by atoms with E-state index in [1.165, 1.54) is 6.33 Å². The quantitative estimate of drug-likeness (QED) is 0.926. The van der Waals surface area contributed by atoms with Crippen LogP contribution in [0.15, 0.2) is 24.7 Å². The van der Waals surface area contributed by atoms with Crippen LogP contribution in [0, 0.1) is 0 Å². The minimum Gasteiger partial charge on any atom is -0.343 e. The summed E-state index contributed by atoms with van der Waals surface area (Å²) in [7, 11) is 0. The van der Waals surface area contributed by atoms with Crippen molar-refractivity contribution in [2.24, 2.45) is 0 Å². The molecule has 128 valence electrons. The van der Waals surface area contributed by atoms with Gasteiger partial charge < -0.3 is 5.32 Å². The van der Waals surface area contributed by atoms with Gasteiger partial charge in [-0.05, 0) is 39.3 Å². The molecule has 2 aromatic heterocycles. The van der Waals surface area contributed by atoms with Crippen molar-refractivity contribution in [1.29, 1.82) is 0 Å². The highest BCUT2D eigenvalue weighted by Gasteiger charge is 2.21. The maximum atomic E-state index is 12.5. The van der Waals surface area contributed by atoms with Gasteiger partial charge in [-0.1, -0.05) is 0 Å². The number of hydrogen-bond acceptors (Lipinski definition) is 5. The molecular formula is C17H24N6O. The molecule has 0 aromatic carbocycles. The lowest BCUT2D eigenvalue weighted by Gasteiger charge is -2.23. The Balaban J connectivity index is 1.72. The first-order chi connectivity index (χ1) is 11.5. The smallest absolute Gasteiger partial charge is 0.272 e. The molecule has 1 N–H and O–H groups in total. The lowest BCUT2D eigenvalue weighted by Crippen LogP contribution is -2.30. The molecule has 1 atom stereocenters. The summed E-state index contributed by atoms with van der Waals surface area (Å²) in [5, 5.41) is 7.45. The number of amides is 1. The maximum absolute atomic E-state index is 12.5. The van der Waals surface area contributed by atoms with Crippen molar-refractivity contribution in [3.05, 3.63) is 41.7 Å². The molecule has 0 radical (unpaired) electrons. The molecule has 24 heavy (non-hydrogen) atoms. The molecule has 0 aliphatic carbocycles. The third kappa shape index (κ3) is 3.62. The molecule has 1 aliphatic heterocycles. The lowest BCUT2D eigenvalue weighted by atomic mass is 10.2. The Morgan fingerprint density at radius 2 is 2.12 bits per heavy atom. The number of aromatic nitrogens is 4. The van der Waals surface area contributed by atoms with Crippen molar-refractivity contribution in [3.8, 4) is 0 Å². The molecule has 7 nitrogen and oxygen atoms in total. The van der Waals surface area contributed by atoms with E-state index < -0.39 is 0 Å². The fraction of sp³-hybridized carbons (Fsp3) is 0.529. The van der Waals surface area contributed by atoms with E-state index in [-0.39, 0.29) is 11.9 Å². The number of aryl methyl sites for hydroxylation is 1. The number of carbonyl (C=O) groups excluding carboxylic acids is 1. The molecule has 2 aromatic rings. The van der Waals surface area contributed by atoms with Crippen molar-refractivity contribution in [3.63, 3.8) is 0 Å². The topological polar surface area (TPSA) is 75.9 Å². The molecule has 0 saturated heterocycles. The van der Waals surface area contributed by atoms with Gasteiger partial charge in [-0.2, -0.15) is 5.10 Å². The zero-order chi connectivity index (χ0) is 17.1. The highest BCUT2D eigenvalue weighted by atomic mass is 16.2. The Bertz CT molecular complexity index is 696. The summed E-state index contributed by atoms with van der Waals surface area (Å²) >= 11 is 0. The molecule has 1 aliphatic rings. The van der Waals surface area contributed by atoms with Crippen LogP contribution in [0.3, 0.4) is 0 Å². The number of carbonyl (C=O) groups is 1. The monoisotopic (exact) mass is 328 g/mol. The summed E-state index contributed by atoms with van der Waals surface area (Å²) in [5.74, 6) is -0.169. The zero-order valence-corrected chi connectivity index (χ0v) is 14.4. The average Bonchev–Trinajstić information content (AvgIpc) is 2.87. The number of hydrogen-bond donors (Lipinski definition) is 1. The summed E-state index contributed by atoms with van der Waals surface area (Å²) < 4.78 is 1.96. The van der Waals surface area contributed by atoms with Crippen LogP contribution in [0.2, 0.25) is 0 Å². The third-order valence-electron chi connectivity index (χ3n) is 4.40. The second kappa shape index (κ2) is 7.09. The number of nitrogens with one attached hydrogen (secondary N) is 1. The maximum Gasteiger partial charge on any atom is 0.272 e. The van der Waals surface area contributed by atoms with E-state index in [0.717, 1.165) is 37.4 Å². The Labute approximate surface area is 142 Å². The van der Waals surface area contributed by atoms with Gasteiger partial charge in [0.25, 0.3) is 5.91 Å². The molecule has 0 fully saturated rings. The second-order valence-electron chi connectivity index (χ2n) is 6.49. The summed E-state index contributed by atoms with van der Waals surface area (Å²) in [6.07, 6.45) is 4.20. The second-order valence-corrected chi connectivity index (χ2v) is 6.49. The standard InChI is InChI=1S/C17H24N6O/c1-12(2)22-7-4-8-23-14(10-22)9-16(21-23)17(24)20-13(3)15-5-6-18-11-19-15/h5-6,9,11-13H,4,7-8,10H2,1-3H3,(H,20,24)/t13-/m1/s1. The van der Waals surface area contributed by atoms with Crippen LogP contribution in [0.25, 0.3) is 0 Å². The van der Waals surface area contributed by atoms with E-state index >= 15 is 0 Å². The first-order valence-electron chi connectivity index (χ1n) is 8.42. The van der Waals surface area contributed by atoms with Gasteiger partial charge in [-0.15, -0.1) is 0 Å². The molecule has 0 saturated carbocycles. The van der Waals surface area contributed by atoms with E-state index in [1.807, 2.05) is 17.7 Å². The number of rotatable bonds is 4. The van der Waals surface area contributed by atoms with E-state index in [9.17, 15) is 4.79 Å². The van der Waals surface area contributed by atoms with Crippen LogP contribution < -0.4 is 5.32 Å². The number of fused-ring (bicyclic) bond motifs is 1. The van der Waals surface area contributed by atoms with Crippen LogP contribution in [0.1, 0.15) is 55.1 Å². The van der Waals surface area contributed by atoms with Crippen LogP contribution in [-0.4, -0.2) is 43.1 Å². The first-order valence-corrected chi connectivity index (χ1v) is 8.42. The van der Waals surface area contributed by atoms with Crippen LogP contribution in [0.4, 0.5) is 0 Å². The van der Waals surface area contributed by atoms with Crippen molar-refractivity contribution < 1.29 is 4.79 Å². The fourth-order valence-electron chi connectivity index (χ4n) is 2.94. The number of nitrogens with zero attached hydrogens (tertiary/aromatic N) is 5. The molecule has 3 rings (SSSR count). The summed E-state index contributed by atoms with van der Waals surface area (Å²) in [6.45, 7) is 9.05. The Morgan fingerprint density at radius 1 is 1.29 bits per heavy atom. The molecule has 0 spiro atoms. The SMILES string of the molecule is CC(C)N1CCCn2nc(C(=O)N[C@H](C)c3ccncn3)cc2C1. The van der Waals surface area contributed by atoms with Gasteiger partial charge in [-0.25, -0.2) is 9.97 Å². The van der Waals surface area contributed by atoms with E-state index in [2.05, 4.69) is 39.1 Å². The molecule has 0 unspecified atom stereocenters. The van der Waals surface area contributed by atoms with Crippen LogP contribution in [-0.2, 0) is 13.1 Å².